The van der Waals surface area contributed by atoms with Gasteiger partial charge in [-0.2, -0.15) is 8.42 Å². The lowest BCUT2D eigenvalue weighted by Crippen LogP contribution is -2.33. The molecule has 64 valence electrons. The van der Waals surface area contributed by atoms with E-state index in [1.165, 1.54) is 0 Å². The number of rotatable bonds is 0. The Labute approximate surface area is 67.5 Å². The van der Waals surface area contributed by atoms with Gasteiger partial charge in [-0.05, 0) is 0 Å². The lowest BCUT2D eigenvalue weighted by Gasteiger charge is -2.10. The molecule has 2 rings (SSSR count). The van der Waals surface area contributed by atoms with Crippen LogP contribution in [0.3, 0.4) is 0 Å². The fourth-order valence-electron chi connectivity index (χ4n) is 0.724. The predicted molar refractivity (Wildman–Crippen MR) is 33.1 cm³/mol. The van der Waals surface area contributed by atoms with E-state index in [2.05, 4.69) is 16.7 Å². The molecule has 2 fully saturated rings. The van der Waals surface area contributed by atoms with Crippen molar-refractivity contribution in [3.05, 3.63) is 0 Å². The van der Waals surface area contributed by atoms with Crippen LogP contribution in [0.1, 0.15) is 0 Å². The normalized spacial score (nSPS) is 50.5. The second-order valence-electron chi connectivity index (χ2n) is 2.01. The summed E-state index contributed by atoms with van der Waals surface area (Å²) in [5, 5.41) is 0. The molecular weight excluding hydrogens is 196 g/mol. The van der Waals surface area contributed by atoms with Crippen LogP contribution in [0.25, 0.3) is 0 Å². The molecule has 6 nitrogen and oxygen atoms in total. The summed E-state index contributed by atoms with van der Waals surface area (Å²) in [4.78, 5) is 0. The van der Waals surface area contributed by atoms with Gasteiger partial charge < -0.3 is 0 Å². The van der Waals surface area contributed by atoms with E-state index in [9.17, 15) is 8.42 Å². The van der Waals surface area contributed by atoms with Crippen molar-refractivity contribution in [3.63, 3.8) is 0 Å². The second-order valence-corrected chi connectivity index (χ2v) is 3.63. The molecule has 2 aliphatic heterocycles. The molecule has 0 amide bonds. The summed E-state index contributed by atoms with van der Waals surface area (Å²) in [6, 6.07) is 0. The van der Waals surface area contributed by atoms with E-state index in [1.54, 1.807) is 0 Å². The zero-order valence-corrected chi connectivity index (χ0v) is 6.81. The summed E-state index contributed by atoms with van der Waals surface area (Å²) >= 11 is -3.61. The summed E-state index contributed by atoms with van der Waals surface area (Å²) in [5.74, 6) is -1.21. The van der Waals surface area contributed by atoms with Gasteiger partial charge in [-0.3, -0.25) is 8.37 Å². The van der Waals surface area contributed by atoms with Crippen molar-refractivity contribution in [1.82, 2.24) is 0 Å². The number of hydrogen-bond donors (Lipinski definition) is 0. The molecule has 0 aliphatic carbocycles. The van der Waals surface area contributed by atoms with Gasteiger partial charge in [0.15, 0.2) is 0 Å². The van der Waals surface area contributed by atoms with Gasteiger partial charge in [0.25, 0.3) is 5.79 Å². The Morgan fingerprint density at radius 2 is 1.45 bits per heavy atom. The molecule has 2 aliphatic rings. The zero-order valence-electron chi connectivity index (χ0n) is 5.18. The summed E-state index contributed by atoms with van der Waals surface area (Å²) in [5.41, 5.74) is 0. The van der Waals surface area contributed by atoms with E-state index in [4.69, 9.17) is 0 Å². The van der Waals surface area contributed by atoms with E-state index in [-0.39, 0.29) is 13.2 Å². The summed E-state index contributed by atoms with van der Waals surface area (Å²) in [7, 11) is 0. The van der Waals surface area contributed by atoms with Crippen molar-refractivity contribution < 1.29 is 25.2 Å². The van der Waals surface area contributed by atoms with E-state index in [0.29, 0.717) is 0 Å². The maximum absolute atomic E-state index is 10.5. The lowest BCUT2D eigenvalue weighted by molar-refractivity contribution is -0.0769. The summed E-state index contributed by atoms with van der Waals surface area (Å²) < 4.78 is 39.6. The minimum atomic E-state index is -1.81. The molecule has 0 N–H and O–H groups in total. The van der Waals surface area contributed by atoms with Crippen LogP contribution in [-0.4, -0.2) is 27.4 Å². The Morgan fingerprint density at radius 3 is 1.73 bits per heavy atom. The first-order valence-corrected chi connectivity index (χ1v) is 4.69. The molecule has 0 saturated carbocycles. The molecule has 0 bridgehead atoms. The fourth-order valence-corrected chi connectivity index (χ4v) is 2.17. The molecular formula is C3H4O6S2. The molecule has 0 aromatic rings. The van der Waals surface area contributed by atoms with Crippen molar-refractivity contribution in [2.45, 2.75) is 5.79 Å². The van der Waals surface area contributed by atoms with Crippen LogP contribution in [0.2, 0.25) is 0 Å². The molecule has 2 saturated heterocycles. The van der Waals surface area contributed by atoms with Crippen LogP contribution in [0.4, 0.5) is 0 Å². The molecule has 8 heteroatoms. The van der Waals surface area contributed by atoms with Crippen molar-refractivity contribution in [2.75, 3.05) is 13.2 Å². The van der Waals surface area contributed by atoms with Crippen LogP contribution in [0.5, 0.6) is 0 Å². The first kappa shape index (κ1) is 7.77. The summed E-state index contributed by atoms with van der Waals surface area (Å²) in [6.07, 6.45) is 0. The van der Waals surface area contributed by atoms with Crippen LogP contribution < -0.4 is 0 Å². The quantitative estimate of drug-likeness (QED) is 0.496. The van der Waals surface area contributed by atoms with E-state index < -0.39 is 28.5 Å². The average Bonchev–Trinajstić information content (AvgIpc) is 2.44. The van der Waals surface area contributed by atoms with E-state index >= 15 is 0 Å². The Kier molecular flexibility index (Phi) is 1.82. The smallest absolute Gasteiger partial charge is 0.263 e. The largest absolute Gasteiger partial charge is 0.307 e. The highest BCUT2D eigenvalue weighted by Gasteiger charge is 2.50. The van der Waals surface area contributed by atoms with Crippen LogP contribution in [-0.2, 0) is 39.5 Å². The maximum Gasteiger partial charge on any atom is 0.307 e. The first-order chi connectivity index (χ1) is 5.20. The van der Waals surface area contributed by atoms with Crippen molar-refractivity contribution >= 4 is 22.7 Å². The lowest BCUT2D eigenvalue weighted by atomic mass is 10.3. The highest BCUT2D eigenvalue weighted by Crippen LogP contribution is 2.30. The Morgan fingerprint density at radius 1 is 1.00 bits per heavy atom. The monoisotopic (exact) mass is 200 g/mol. The molecule has 0 aromatic carbocycles. The maximum atomic E-state index is 10.5. The van der Waals surface area contributed by atoms with Gasteiger partial charge in [-0.1, -0.05) is 0 Å². The number of hydrogen-bond acceptors (Lipinski definition) is 6. The Bertz CT molecular complexity index is 202. The van der Waals surface area contributed by atoms with Crippen molar-refractivity contribution in [3.8, 4) is 0 Å². The van der Waals surface area contributed by atoms with E-state index in [1.807, 2.05) is 0 Å². The fraction of sp³-hybridized carbons (Fsp3) is 1.00. The molecule has 0 aromatic heterocycles. The molecule has 2 atom stereocenters. The third-order valence-corrected chi connectivity index (χ3v) is 2.69. The SMILES string of the molecule is O=S1OCC2(COS(=O)O2)O1. The van der Waals surface area contributed by atoms with Crippen LogP contribution >= 0.6 is 0 Å². The zero-order chi connectivity index (χ0) is 7.90. The van der Waals surface area contributed by atoms with E-state index in [0.717, 1.165) is 0 Å². The van der Waals surface area contributed by atoms with Crippen LogP contribution in [0.15, 0.2) is 0 Å². The molecule has 2 heterocycles. The van der Waals surface area contributed by atoms with Gasteiger partial charge in [-0.25, -0.2) is 8.37 Å². The first-order valence-electron chi connectivity index (χ1n) is 2.69. The highest BCUT2D eigenvalue weighted by atomic mass is 32.2. The van der Waals surface area contributed by atoms with Gasteiger partial charge in [0.05, 0.1) is 0 Å². The van der Waals surface area contributed by atoms with Gasteiger partial charge in [0, 0.05) is 0 Å². The van der Waals surface area contributed by atoms with Crippen molar-refractivity contribution in [2.24, 2.45) is 0 Å². The summed E-state index contributed by atoms with van der Waals surface area (Å²) in [6.45, 7) is -0.0449. The standard InChI is InChI=1S/C3H4O6S2/c4-10-6-1-3(8-10)2-7-11(5)9-3/h1-2H2. The average molecular weight is 200 g/mol. The molecule has 2 unspecified atom stereocenters. The van der Waals surface area contributed by atoms with Gasteiger partial charge in [0.2, 0.25) is 0 Å². The Hall–Kier alpha value is 0.140. The topological polar surface area (TPSA) is 71.1 Å². The minimum Gasteiger partial charge on any atom is -0.263 e. The Balaban J connectivity index is 2.13. The van der Waals surface area contributed by atoms with Crippen molar-refractivity contribution in [1.29, 1.82) is 0 Å². The molecule has 0 radical (unpaired) electrons. The molecule has 11 heavy (non-hydrogen) atoms. The van der Waals surface area contributed by atoms with Crippen LogP contribution in [0, 0.1) is 0 Å². The van der Waals surface area contributed by atoms with Gasteiger partial charge in [-0.15, -0.1) is 0 Å². The minimum absolute atomic E-state index is 0.0225. The third-order valence-electron chi connectivity index (χ3n) is 1.19. The predicted octanol–water partition coefficient (Wildman–Crippen LogP) is -1.07. The molecule has 1 spiro atoms. The second kappa shape index (κ2) is 2.57. The third kappa shape index (κ3) is 1.37. The van der Waals surface area contributed by atoms with Gasteiger partial charge in [0.1, 0.15) is 13.2 Å². The van der Waals surface area contributed by atoms with Gasteiger partial charge >= 0.3 is 22.7 Å². The highest BCUT2D eigenvalue weighted by molar-refractivity contribution is 7.76.